The molecule has 0 fully saturated rings. The molecule has 1 atom stereocenters. The Labute approximate surface area is 144 Å². The predicted octanol–water partition coefficient (Wildman–Crippen LogP) is 1.34. The summed E-state index contributed by atoms with van der Waals surface area (Å²) in [5.74, 6) is 0.930. The van der Waals surface area contributed by atoms with Crippen LogP contribution in [0.3, 0.4) is 0 Å². The number of likely N-dealkylation sites (N-methyl/N-ethyl adjacent to an activating group) is 1. The van der Waals surface area contributed by atoms with Crippen LogP contribution in [0.15, 0.2) is 29.3 Å². The number of ether oxygens (including phenoxy) is 2. The molecule has 136 valence electrons. The second-order valence-electron chi connectivity index (χ2n) is 5.56. The Morgan fingerprint density at radius 1 is 1.33 bits per heavy atom. The molecule has 2 N–H and O–H groups in total. The van der Waals surface area contributed by atoms with E-state index in [2.05, 4.69) is 20.5 Å². The number of nitrogens with one attached hydrogen (secondary N) is 2. The lowest BCUT2D eigenvalue weighted by Crippen LogP contribution is -2.44. The van der Waals surface area contributed by atoms with Gasteiger partial charge in [0.05, 0.1) is 13.2 Å². The van der Waals surface area contributed by atoms with Gasteiger partial charge < -0.3 is 25.0 Å². The van der Waals surface area contributed by atoms with Gasteiger partial charge in [-0.2, -0.15) is 0 Å². The highest BCUT2D eigenvalue weighted by atomic mass is 19.1. The fourth-order valence-electron chi connectivity index (χ4n) is 2.00. The molecule has 1 rings (SSSR count). The Kier molecular flexibility index (Phi) is 9.79. The maximum atomic E-state index is 13.1. The van der Waals surface area contributed by atoms with Crippen LogP contribution in [0.2, 0.25) is 0 Å². The van der Waals surface area contributed by atoms with E-state index in [-0.39, 0.29) is 11.9 Å². The van der Waals surface area contributed by atoms with E-state index in [1.54, 1.807) is 26.3 Å². The molecule has 0 radical (unpaired) electrons. The summed E-state index contributed by atoms with van der Waals surface area (Å²) in [6, 6.07) is 6.14. The van der Waals surface area contributed by atoms with Gasteiger partial charge in [0.2, 0.25) is 0 Å². The zero-order valence-corrected chi connectivity index (χ0v) is 15.0. The largest absolute Gasteiger partial charge is 0.489 e. The molecular formula is C17H29FN4O2. The van der Waals surface area contributed by atoms with Gasteiger partial charge in [0, 0.05) is 39.9 Å². The van der Waals surface area contributed by atoms with Gasteiger partial charge in [-0.15, -0.1) is 0 Å². The molecule has 0 saturated heterocycles. The number of benzene rings is 1. The number of nitrogens with zero attached hydrogens (tertiary/aromatic N) is 2. The minimum atomic E-state index is -0.303. The molecule has 0 aliphatic rings. The first kappa shape index (κ1) is 20.2. The molecule has 0 aliphatic heterocycles. The predicted molar refractivity (Wildman–Crippen MR) is 95.2 cm³/mol. The van der Waals surface area contributed by atoms with Gasteiger partial charge in [0.15, 0.2) is 5.96 Å². The average Bonchev–Trinajstić information content (AvgIpc) is 2.56. The lowest BCUT2D eigenvalue weighted by Gasteiger charge is -2.19. The first-order chi connectivity index (χ1) is 11.5. The monoisotopic (exact) mass is 340 g/mol. The summed E-state index contributed by atoms with van der Waals surface area (Å²) in [5.41, 5.74) is 0. The van der Waals surface area contributed by atoms with E-state index in [1.165, 1.54) is 12.1 Å². The second kappa shape index (κ2) is 11.6. The first-order valence-electron chi connectivity index (χ1n) is 8.09. The summed E-state index contributed by atoms with van der Waals surface area (Å²) in [6.45, 7) is 5.76. The third-order valence-corrected chi connectivity index (χ3v) is 3.38. The van der Waals surface area contributed by atoms with Crippen LogP contribution in [0.4, 0.5) is 4.39 Å². The highest BCUT2D eigenvalue weighted by Gasteiger charge is 2.06. The van der Waals surface area contributed by atoms with Gasteiger partial charge in [0.1, 0.15) is 17.7 Å². The van der Waals surface area contributed by atoms with Crippen LogP contribution in [0, 0.1) is 5.82 Å². The maximum Gasteiger partial charge on any atom is 0.191 e. The molecule has 6 nitrogen and oxygen atoms in total. The smallest absolute Gasteiger partial charge is 0.191 e. The summed E-state index contributed by atoms with van der Waals surface area (Å²) in [5, 5.41) is 6.44. The molecular weight excluding hydrogens is 311 g/mol. The Bertz CT molecular complexity index is 499. The molecule has 1 aromatic carbocycles. The van der Waals surface area contributed by atoms with Crippen molar-refractivity contribution in [1.82, 2.24) is 15.5 Å². The van der Waals surface area contributed by atoms with E-state index in [0.29, 0.717) is 18.3 Å². The maximum absolute atomic E-state index is 13.1. The fraction of sp³-hybridized carbons (Fsp3) is 0.588. The molecule has 0 saturated carbocycles. The Hall–Kier alpha value is -1.86. The topological polar surface area (TPSA) is 58.1 Å². The highest BCUT2D eigenvalue weighted by Crippen LogP contribution is 2.13. The average molecular weight is 340 g/mol. The van der Waals surface area contributed by atoms with Gasteiger partial charge in [-0.25, -0.2) is 4.39 Å². The number of aliphatic imine (C=N–C) groups is 1. The summed E-state index contributed by atoms with van der Waals surface area (Å²) in [6.07, 6.45) is -0.116. The fourth-order valence-corrected chi connectivity index (χ4v) is 2.00. The summed E-state index contributed by atoms with van der Waals surface area (Å²) < 4.78 is 23.8. The van der Waals surface area contributed by atoms with Crippen LogP contribution in [0.25, 0.3) is 0 Å². The van der Waals surface area contributed by atoms with Crippen molar-refractivity contribution in [1.29, 1.82) is 0 Å². The number of hydrogen-bond acceptors (Lipinski definition) is 4. The van der Waals surface area contributed by atoms with Gasteiger partial charge in [-0.05, 0) is 26.1 Å². The minimum absolute atomic E-state index is 0.116. The molecule has 1 aromatic rings. The molecule has 0 aliphatic carbocycles. The van der Waals surface area contributed by atoms with Crippen molar-refractivity contribution in [3.8, 4) is 5.75 Å². The number of hydrogen-bond donors (Lipinski definition) is 2. The van der Waals surface area contributed by atoms with E-state index in [4.69, 9.17) is 9.47 Å². The van der Waals surface area contributed by atoms with Gasteiger partial charge in [0.25, 0.3) is 0 Å². The number of rotatable bonds is 10. The standard InChI is InChI=1S/C17H29FN4O2/c1-14(24-16-7-5-6-15(18)12-16)13-21-17(19-2)20-8-9-22(3)10-11-23-4/h5-7,12,14H,8-11,13H2,1-4H3,(H2,19,20,21). The van der Waals surface area contributed by atoms with E-state index in [1.807, 2.05) is 14.0 Å². The van der Waals surface area contributed by atoms with Crippen LogP contribution >= 0.6 is 0 Å². The highest BCUT2D eigenvalue weighted by molar-refractivity contribution is 5.79. The van der Waals surface area contributed by atoms with Crippen molar-refractivity contribution < 1.29 is 13.9 Å². The van der Waals surface area contributed by atoms with Crippen LogP contribution in [0.1, 0.15) is 6.92 Å². The summed E-state index contributed by atoms with van der Waals surface area (Å²) in [7, 11) is 5.47. The third kappa shape index (κ3) is 8.69. The van der Waals surface area contributed by atoms with Gasteiger partial charge in [-0.3, -0.25) is 4.99 Å². The zero-order chi connectivity index (χ0) is 17.8. The molecule has 0 bridgehead atoms. The van der Waals surface area contributed by atoms with Gasteiger partial charge in [-0.1, -0.05) is 6.07 Å². The van der Waals surface area contributed by atoms with Crippen LogP contribution < -0.4 is 15.4 Å². The van der Waals surface area contributed by atoms with Crippen LogP contribution in [-0.2, 0) is 4.74 Å². The Morgan fingerprint density at radius 3 is 2.79 bits per heavy atom. The van der Waals surface area contributed by atoms with Crippen molar-refractivity contribution in [3.05, 3.63) is 30.1 Å². The molecule has 7 heteroatoms. The number of guanidine groups is 1. The SMILES string of the molecule is CN=C(NCCN(C)CCOC)NCC(C)Oc1cccc(F)c1. The molecule has 0 heterocycles. The van der Waals surface area contributed by atoms with Crippen molar-refractivity contribution >= 4 is 5.96 Å². The molecule has 0 aromatic heterocycles. The third-order valence-electron chi connectivity index (χ3n) is 3.38. The van der Waals surface area contributed by atoms with Crippen molar-refractivity contribution in [3.63, 3.8) is 0 Å². The lowest BCUT2D eigenvalue weighted by atomic mass is 10.3. The summed E-state index contributed by atoms with van der Waals surface area (Å²) >= 11 is 0. The lowest BCUT2D eigenvalue weighted by molar-refractivity contribution is 0.162. The van der Waals surface area contributed by atoms with Crippen LogP contribution in [-0.4, -0.2) is 71.0 Å². The first-order valence-corrected chi connectivity index (χ1v) is 8.09. The quantitative estimate of drug-likeness (QED) is 0.497. The normalized spacial score (nSPS) is 13.0. The summed E-state index contributed by atoms with van der Waals surface area (Å²) in [4.78, 5) is 6.36. The van der Waals surface area contributed by atoms with Crippen molar-refractivity contribution in [2.75, 3.05) is 54.0 Å². The Morgan fingerprint density at radius 2 is 2.12 bits per heavy atom. The second-order valence-corrected chi connectivity index (χ2v) is 5.56. The minimum Gasteiger partial charge on any atom is -0.489 e. The number of halogens is 1. The molecule has 0 amide bonds. The van der Waals surface area contributed by atoms with Gasteiger partial charge >= 0.3 is 0 Å². The van der Waals surface area contributed by atoms with E-state index < -0.39 is 0 Å². The van der Waals surface area contributed by atoms with Crippen molar-refractivity contribution in [2.24, 2.45) is 4.99 Å². The molecule has 1 unspecified atom stereocenters. The van der Waals surface area contributed by atoms with Crippen molar-refractivity contribution in [2.45, 2.75) is 13.0 Å². The molecule has 24 heavy (non-hydrogen) atoms. The zero-order valence-electron chi connectivity index (χ0n) is 15.0. The van der Waals surface area contributed by atoms with E-state index >= 15 is 0 Å². The van der Waals surface area contributed by atoms with Crippen LogP contribution in [0.5, 0.6) is 5.75 Å². The van der Waals surface area contributed by atoms with E-state index in [0.717, 1.165) is 26.2 Å². The number of methoxy groups -OCH3 is 1. The molecule has 0 spiro atoms. The Balaban J connectivity index is 2.25. The van der Waals surface area contributed by atoms with E-state index in [9.17, 15) is 4.39 Å².